The normalized spacial score (nSPS) is 12.1. The monoisotopic (exact) mass is 286 g/mol. The number of hydrogen-bond donors (Lipinski definition) is 0. The molecule has 4 aromatic rings. The van der Waals surface area contributed by atoms with Gasteiger partial charge in [-0.15, -0.1) is 11.3 Å². The third-order valence-corrected chi connectivity index (χ3v) is 4.92. The average molecular weight is 287 g/mol. The van der Waals surface area contributed by atoms with E-state index in [1.165, 1.54) is 35.4 Å². The van der Waals surface area contributed by atoms with E-state index in [0.717, 1.165) is 0 Å². The molecule has 0 atom stereocenters. The molecule has 0 aliphatic carbocycles. The highest BCUT2D eigenvalue weighted by Crippen LogP contribution is 2.42. The first-order valence-electron chi connectivity index (χ1n) is 5.16. The van der Waals surface area contributed by atoms with Gasteiger partial charge in [-0.25, -0.2) is 0 Å². The Labute approximate surface area is 105 Å². The molecule has 0 radical (unpaired) electrons. The Morgan fingerprint density at radius 1 is 0.812 bits per heavy atom. The van der Waals surface area contributed by atoms with Gasteiger partial charge >= 0.3 is 0 Å². The van der Waals surface area contributed by atoms with Gasteiger partial charge in [0.25, 0.3) is 0 Å². The number of thiophene rings is 1. The van der Waals surface area contributed by atoms with Crippen molar-refractivity contribution in [3.63, 3.8) is 0 Å². The van der Waals surface area contributed by atoms with Crippen LogP contribution in [0.2, 0.25) is 0 Å². The maximum absolute atomic E-state index is 3.63. The van der Waals surface area contributed by atoms with Crippen LogP contribution in [-0.2, 0) is 0 Å². The molecule has 0 bridgehead atoms. The summed E-state index contributed by atoms with van der Waals surface area (Å²) in [5.41, 5.74) is 0. The van der Waals surface area contributed by atoms with E-state index in [-0.39, 0.29) is 0 Å². The lowest BCUT2D eigenvalue weighted by Gasteiger charge is -2.03. The Hall–Kier alpha value is -1.12. The molecule has 0 aliphatic heterocycles. The Morgan fingerprint density at radius 2 is 1.69 bits per heavy atom. The molecule has 0 fully saturated rings. The molecule has 0 saturated heterocycles. The van der Waals surface area contributed by atoms with Crippen LogP contribution in [0.1, 0.15) is 0 Å². The third-order valence-electron chi connectivity index (χ3n) is 3.11. The molecule has 3 aromatic carbocycles. The molecule has 16 heavy (non-hydrogen) atoms. The SMILES string of the molecule is Brc1ccc2sc3cccc4ccc1c2c43. The van der Waals surface area contributed by atoms with Gasteiger partial charge in [-0.05, 0) is 29.0 Å². The zero-order valence-electron chi connectivity index (χ0n) is 8.33. The van der Waals surface area contributed by atoms with E-state index in [1.807, 2.05) is 11.3 Å². The third kappa shape index (κ3) is 0.989. The van der Waals surface area contributed by atoms with Crippen LogP contribution in [0.4, 0.5) is 0 Å². The van der Waals surface area contributed by atoms with Gasteiger partial charge in [0.2, 0.25) is 0 Å². The van der Waals surface area contributed by atoms with Crippen molar-refractivity contribution in [1.29, 1.82) is 0 Å². The fourth-order valence-corrected chi connectivity index (χ4v) is 4.03. The van der Waals surface area contributed by atoms with Gasteiger partial charge in [0, 0.05) is 24.6 Å². The van der Waals surface area contributed by atoms with E-state index in [0.29, 0.717) is 0 Å². The highest BCUT2D eigenvalue weighted by atomic mass is 79.9. The first kappa shape index (κ1) is 8.97. The van der Waals surface area contributed by atoms with Crippen molar-refractivity contribution < 1.29 is 0 Å². The fraction of sp³-hybridized carbons (Fsp3) is 0. The van der Waals surface area contributed by atoms with E-state index in [1.54, 1.807) is 0 Å². The molecule has 76 valence electrons. The minimum Gasteiger partial charge on any atom is -0.135 e. The van der Waals surface area contributed by atoms with Crippen LogP contribution in [-0.4, -0.2) is 0 Å². The van der Waals surface area contributed by atoms with Gasteiger partial charge in [0.1, 0.15) is 0 Å². The molecule has 0 nitrogen and oxygen atoms in total. The summed E-state index contributed by atoms with van der Waals surface area (Å²) >= 11 is 5.51. The quantitative estimate of drug-likeness (QED) is 0.379. The zero-order chi connectivity index (χ0) is 10.7. The Bertz CT molecular complexity index is 813. The first-order valence-corrected chi connectivity index (χ1v) is 6.77. The van der Waals surface area contributed by atoms with Crippen molar-refractivity contribution >= 4 is 58.2 Å². The predicted molar refractivity (Wildman–Crippen MR) is 75.7 cm³/mol. The lowest BCUT2D eigenvalue weighted by Crippen LogP contribution is -1.76. The second kappa shape index (κ2) is 2.96. The summed E-state index contributed by atoms with van der Waals surface area (Å²) in [5.74, 6) is 0. The number of rotatable bonds is 0. The topological polar surface area (TPSA) is 0 Å². The summed E-state index contributed by atoms with van der Waals surface area (Å²) in [7, 11) is 0. The summed E-state index contributed by atoms with van der Waals surface area (Å²) < 4.78 is 3.95. The Morgan fingerprint density at radius 3 is 2.62 bits per heavy atom. The van der Waals surface area contributed by atoms with Gasteiger partial charge in [-0.1, -0.05) is 40.2 Å². The number of benzene rings is 3. The molecule has 0 unspecified atom stereocenters. The van der Waals surface area contributed by atoms with E-state index < -0.39 is 0 Å². The number of hydrogen-bond acceptors (Lipinski definition) is 1. The largest absolute Gasteiger partial charge is 0.135 e. The smallest absolute Gasteiger partial charge is 0.0362 e. The lowest BCUT2D eigenvalue weighted by molar-refractivity contribution is 1.80. The highest BCUT2D eigenvalue weighted by molar-refractivity contribution is 9.10. The molecule has 4 rings (SSSR count). The van der Waals surface area contributed by atoms with Crippen LogP contribution < -0.4 is 0 Å². The van der Waals surface area contributed by atoms with E-state index in [9.17, 15) is 0 Å². The van der Waals surface area contributed by atoms with Crippen molar-refractivity contribution in [2.75, 3.05) is 0 Å². The highest BCUT2D eigenvalue weighted by Gasteiger charge is 2.11. The Kier molecular flexibility index (Phi) is 1.66. The second-order valence-electron chi connectivity index (χ2n) is 3.99. The van der Waals surface area contributed by atoms with Crippen molar-refractivity contribution in [3.05, 3.63) is 46.9 Å². The van der Waals surface area contributed by atoms with Gasteiger partial charge < -0.3 is 0 Å². The van der Waals surface area contributed by atoms with Gasteiger partial charge in [0.15, 0.2) is 0 Å². The fourth-order valence-electron chi connectivity index (χ4n) is 2.41. The average Bonchev–Trinajstić information content (AvgIpc) is 2.69. The lowest BCUT2D eigenvalue weighted by atomic mass is 10.0. The standard InChI is InChI=1S/C14H7BrS/c15-10-6-7-12-14-9(10)5-4-8-2-1-3-11(16-12)13(8)14/h1-7H. The maximum atomic E-state index is 3.63. The summed E-state index contributed by atoms with van der Waals surface area (Å²) in [6.07, 6.45) is 0. The zero-order valence-corrected chi connectivity index (χ0v) is 10.7. The van der Waals surface area contributed by atoms with Crippen LogP contribution in [0.15, 0.2) is 46.9 Å². The molecule has 0 spiro atoms. The number of halogens is 1. The van der Waals surface area contributed by atoms with Gasteiger partial charge in [-0.2, -0.15) is 0 Å². The second-order valence-corrected chi connectivity index (χ2v) is 5.93. The molecule has 1 aromatic heterocycles. The van der Waals surface area contributed by atoms with Gasteiger partial charge in [0.05, 0.1) is 0 Å². The predicted octanol–water partition coefficient (Wildman–Crippen LogP) is 5.41. The molecule has 0 amide bonds. The molecule has 2 heteroatoms. The van der Waals surface area contributed by atoms with Crippen molar-refractivity contribution in [2.24, 2.45) is 0 Å². The van der Waals surface area contributed by atoms with Crippen LogP contribution in [0.3, 0.4) is 0 Å². The molecule has 0 saturated carbocycles. The van der Waals surface area contributed by atoms with Crippen LogP contribution in [0, 0.1) is 0 Å². The molecular formula is C14H7BrS. The summed E-state index contributed by atoms with van der Waals surface area (Å²) in [6, 6.07) is 15.3. The van der Waals surface area contributed by atoms with Crippen molar-refractivity contribution in [3.8, 4) is 0 Å². The summed E-state index contributed by atoms with van der Waals surface area (Å²) in [6.45, 7) is 0. The summed E-state index contributed by atoms with van der Waals surface area (Å²) in [4.78, 5) is 0. The Balaban J connectivity index is 2.50. The van der Waals surface area contributed by atoms with Crippen LogP contribution >= 0.6 is 27.3 Å². The van der Waals surface area contributed by atoms with Crippen molar-refractivity contribution in [2.45, 2.75) is 0 Å². The van der Waals surface area contributed by atoms with E-state index in [2.05, 4.69) is 58.4 Å². The minimum absolute atomic E-state index is 1.19. The molecular weight excluding hydrogens is 280 g/mol. The molecule has 0 N–H and O–H groups in total. The van der Waals surface area contributed by atoms with Crippen LogP contribution in [0.5, 0.6) is 0 Å². The van der Waals surface area contributed by atoms with Gasteiger partial charge in [-0.3, -0.25) is 0 Å². The van der Waals surface area contributed by atoms with Crippen molar-refractivity contribution in [1.82, 2.24) is 0 Å². The molecule has 0 aliphatic rings. The summed E-state index contributed by atoms with van der Waals surface area (Å²) in [5, 5.41) is 5.49. The van der Waals surface area contributed by atoms with E-state index >= 15 is 0 Å². The molecule has 1 heterocycles. The van der Waals surface area contributed by atoms with Crippen LogP contribution in [0.25, 0.3) is 30.9 Å². The maximum Gasteiger partial charge on any atom is 0.0362 e. The van der Waals surface area contributed by atoms with E-state index in [4.69, 9.17) is 0 Å². The minimum atomic E-state index is 1.19. The first-order chi connectivity index (χ1) is 7.84.